The van der Waals surface area contributed by atoms with Crippen molar-refractivity contribution in [1.82, 2.24) is 4.98 Å². The van der Waals surface area contributed by atoms with Gasteiger partial charge in [-0.3, -0.25) is 0 Å². The van der Waals surface area contributed by atoms with Crippen LogP contribution in [0.4, 0.5) is 0 Å². The molecule has 4 nitrogen and oxygen atoms in total. The van der Waals surface area contributed by atoms with Crippen molar-refractivity contribution in [1.29, 1.82) is 0 Å². The van der Waals surface area contributed by atoms with Gasteiger partial charge in [-0.2, -0.15) is 0 Å². The molecule has 0 aliphatic rings. The van der Waals surface area contributed by atoms with Crippen LogP contribution in [0, 0.1) is 0 Å². The Hall–Kier alpha value is -3.01. The van der Waals surface area contributed by atoms with E-state index in [2.05, 4.69) is 17.1 Å². The number of carboxylic acids is 1. The molecule has 22 heavy (non-hydrogen) atoms. The molecule has 3 aromatic rings. The van der Waals surface area contributed by atoms with Gasteiger partial charge in [-0.05, 0) is 16.7 Å². The number of aromatic nitrogens is 1. The highest BCUT2D eigenvalue weighted by Gasteiger charge is 2.06. The number of hydrogen-bond donors (Lipinski definition) is 2. The van der Waals surface area contributed by atoms with E-state index >= 15 is 0 Å². The summed E-state index contributed by atoms with van der Waals surface area (Å²) in [5.41, 5.74) is 3.47. The molecule has 0 bridgehead atoms. The third-order valence-corrected chi connectivity index (χ3v) is 3.35. The van der Waals surface area contributed by atoms with Gasteiger partial charge in [0.05, 0.1) is 0 Å². The van der Waals surface area contributed by atoms with Crippen LogP contribution in [-0.4, -0.2) is 16.1 Å². The van der Waals surface area contributed by atoms with Gasteiger partial charge >= 0.3 is 5.97 Å². The molecule has 0 amide bonds. The molecule has 0 radical (unpaired) electrons. The van der Waals surface area contributed by atoms with E-state index in [0.29, 0.717) is 12.4 Å². The maximum absolute atomic E-state index is 10.8. The summed E-state index contributed by atoms with van der Waals surface area (Å²) < 4.78 is 5.57. The van der Waals surface area contributed by atoms with Gasteiger partial charge in [-0.25, -0.2) is 4.79 Å². The second kappa shape index (κ2) is 6.18. The van der Waals surface area contributed by atoms with Crippen LogP contribution in [0.25, 0.3) is 11.1 Å². The number of H-pyrrole nitrogens is 1. The lowest BCUT2D eigenvalue weighted by Crippen LogP contribution is -1.95. The molecule has 3 rings (SSSR count). The van der Waals surface area contributed by atoms with Crippen molar-refractivity contribution in [3.63, 3.8) is 0 Å². The molecule has 0 saturated carbocycles. The minimum atomic E-state index is -0.998. The summed E-state index contributed by atoms with van der Waals surface area (Å²) in [7, 11) is 0. The molecule has 0 fully saturated rings. The van der Waals surface area contributed by atoms with Gasteiger partial charge in [0.1, 0.15) is 18.1 Å². The number of rotatable bonds is 5. The Kier molecular flexibility index (Phi) is 3.92. The highest BCUT2D eigenvalue weighted by atomic mass is 16.5. The lowest BCUT2D eigenvalue weighted by atomic mass is 10.0. The van der Waals surface area contributed by atoms with Crippen LogP contribution in [0.2, 0.25) is 0 Å². The molecule has 0 aliphatic heterocycles. The SMILES string of the molecule is O=C(O)c1cc(OCc2ccc(-c3ccccc3)cc2)c[nH]1. The maximum Gasteiger partial charge on any atom is 0.352 e. The number of ether oxygens (including phenoxy) is 1. The molecule has 0 aliphatic carbocycles. The molecule has 110 valence electrons. The third-order valence-electron chi connectivity index (χ3n) is 3.35. The largest absolute Gasteiger partial charge is 0.487 e. The van der Waals surface area contributed by atoms with Crippen molar-refractivity contribution >= 4 is 5.97 Å². The lowest BCUT2D eigenvalue weighted by Gasteiger charge is -2.06. The molecule has 0 saturated heterocycles. The molecule has 0 atom stereocenters. The number of nitrogens with one attached hydrogen (secondary N) is 1. The number of aromatic carboxylic acids is 1. The van der Waals surface area contributed by atoms with E-state index in [1.807, 2.05) is 42.5 Å². The number of benzene rings is 2. The molecule has 0 unspecified atom stereocenters. The van der Waals surface area contributed by atoms with Crippen LogP contribution in [0.15, 0.2) is 66.9 Å². The van der Waals surface area contributed by atoms with E-state index in [1.54, 1.807) is 6.20 Å². The minimum Gasteiger partial charge on any atom is -0.487 e. The summed E-state index contributed by atoms with van der Waals surface area (Å²) in [6, 6.07) is 19.7. The molecule has 1 heterocycles. The zero-order valence-electron chi connectivity index (χ0n) is 11.8. The Morgan fingerprint density at radius 1 is 1.00 bits per heavy atom. The van der Waals surface area contributed by atoms with Gasteiger partial charge in [-0.15, -0.1) is 0 Å². The lowest BCUT2D eigenvalue weighted by molar-refractivity contribution is 0.0691. The van der Waals surface area contributed by atoms with Gasteiger partial charge in [0.2, 0.25) is 0 Å². The van der Waals surface area contributed by atoms with Crippen molar-refractivity contribution < 1.29 is 14.6 Å². The minimum absolute atomic E-state index is 0.120. The number of aromatic amines is 1. The maximum atomic E-state index is 10.8. The smallest absolute Gasteiger partial charge is 0.352 e. The second-order valence-electron chi connectivity index (χ2n) is 4.91. The first-order chi connectivity index (χ1) is 10.7. The van der Waals surface area contributed by atoms with Gasteiger partial charge < -0.3 is 14.8 Å². The summed E-state index contributed by atoms with van der Waals surface area (Å²) in [6.45, 7) is 0.395. The summed E-state index contributed by atoms with van der Waals surface area (Å²) >= 11 is 0. The molecular weight excluding hydrogens is 278 g/mol. The summed E-state index contributed by atoms with van der Waals surface area (Å²) in [6.07, 6.45) is 1.54. The summed E-state index contributed by atoms with van der Waals surface area (Å²) in [4.78, 5) is 13.4. The van der Waals surface area contributed by atoms with E-state index in [4.69, 9.17) is 9.84 Å². The van der Waals surface area contributed by atoms with Gasteiger partial charge in [0.25, 0.3) is 0 Å². The normalized spacial score (nSPS) is 10.4. The quantitative estimate of drug-likeness (QED) is 0.748. The van der Waals surface area contributed by atoms with Crippen molar-refractivity contribution in [3.05, 3.63) is 78.1 Å². The van der Waals surface area contributed by atoms with Crippen LogP contribution in [-0.2, 0) is 6.61 Å². The zero-order valence-corrected chi connectivity index (χ0v) is 11.8. The predicted molar refractivity (Wildman–Crippen MR) is 84.0 cm³/mol. The van der Waals surface area contributed by atoms with Crippen molar-refractivity contribution in [2.75, 3.05) is 0 Å². The van der Waals surface area contributed by atoms with E-state index in [1.165, 1.54) is 11.6 Å². The third kappa shape index (κ3) is 3.17. The number of carbonyl (C=O) groups is 1. The standard InChI is InChI=1S/C18H15NO3/c20-18(21)17-10-16(11-19-17)22-12-13-6-8-15(9-7-13)14-4-2-1-3-5-14/h1-11,19H,12H2,(H,20,21). The van der Waals surface area contributed by atoms with Crippen LogP contribution >= 0.6 is 0 Å². The first-order valence-electron chi connectivity index (χ1n) is 6.91. The van der Waals surface area contributed by atoms with Gasteiger partial charge in [0.15, 0.2) is 0 Å². The predicted octanol–water partition coefficient (Wildman–Crippen LogP) is 3.96. The fourth-order valence-corrected chi connectivity index (χ4v) is 2.17. The molecule has 4 heteroatoms. The summed E-state index contributed by atoms with van der Waals surface area (Å²) in [5.74, 6) is -0.480. The van der Waals surface area contributed by atoms with Crippen LogP contribution in [0.1, 0.15) is 16.1 Å². The van der Waals surface area contributed by atoms with E-state index < -0.39 is 5.97 Å². The highest BCUT2D eigenvalue weighted by molar-refractivity contribution is 5.86. The van der Waals surface area contributed by atoms with E-state index in [-0.39, 0.29) is 5.69 Å². The molecule has 2 N–H and O–H groups in total. The first kappa shape index (κ1) is 13.9. The Morgan fingerprint density at radius 3 is 2.32 bits per heavy atom. The number of hydrogen-bond acceptors (Lipinski definition) is 2. The van der Waals surface area contributed by atoms with Crippen molar-refractivity contribution in [3.8, 4) is 16.9 Å². The van der Waals surface area contributed by atoms with Gasteiger partial charge in [-0.1, -0.05) is 54.6 Å². The number of carboxylic acid groups (broad SMARTS) is 1. The van der Waals surface area contributed by atoms with Crippen molar-refractivity contribution in [2.24, 2.45) is 0 Å². The monoisotopic (exact) mass is 293 g/mol. The molecule has 1 aromatic heterocycles. The second-order valence-corrected chi connectivity index (χ2v) is 4.91. The average Bonchev–Trinajstić information content (AvgIpc) is 3.04. The molecule has 0 spiro atoms. The van der Waals surface area contributed by atoms with E-state index in [0.717, 1.165) is 11.1 Å². The molecular formula is C18H15NO3. The average molecular weight is 293 g/mol. The molecule has 2 aromatic carbocycles. The Morgan fingerprint density at radius 2 is 1.68 bits per heavy atom. The van der Waals surface area contributed by atoms with Crippen LogP contribution < -0.4 is 4.74 Å². The van der Waals surface area contributed by atoms with Gasteiger partial charge in [0, 0.05) is 12.3 Å². The Bertz CT molecular complexity index is 761. The fourth-order valence-electron chi connectivity index (χ4n) is 2.17. The highest BCUT2D eigenvalue weighted by Crippen LogP contribution is 2.20. The summed E-state index contributed by atoms with van der Waals surface area (Å²) in [5, 5.41) is 8.84. The van der Waals surface area contributed by atoms with Crippen molar-refractivity contribution in [2.45, 2.75) is 6.61 Å². The zero-order chi connectivity index (χ0) is 15.4. The van der Waals surface area contributed by atoms with Crippen LogP contribution in [0.3, 0.4) is 0 Å². The fraction of sp³-hybridized carbons (Fsp3) is 0.0556. The van der Waals surface area contributed by atoms with E-state index in [9.17, 15) is 4.79 Å². The Labute approximate surface area is 128 Å². The topological polar surface area (TPSA) is 62.3 Å². The van der Waals surface area contributed by atoms with Crippen LogP contribution in [0.5, 0.6) is 5.75 Å². The first-order valence-corrected chi connectivity index (χ1v) is 6.91. The Balaban J connectivity index is 1.65.